The van der Waals surface area contributed by atoms with Crippen LogP contribution in [0.1, 0.15) is 19.8 Å². The van der Waals surface area contributed by atoms with Gasteiger partial charge in [-0.3, -0.25) is 14.5 Å². The number of likely N-dealkylation sites (tertiary alicyclic amines) is 1. The fourth-order valence-electron chi connectivity index (χ4n) is 1.86. The van der Waals surface area contributed by atoms with E-state index in [2.05, 4.69) is 0 Å². The van der Waals surface area contributed by atoms with Crippen molar-refractivity contribution in [1.82, 2.24) is 4.90 Å². The van der Waals surface area contributed by atoms with Crippen LogP contribution in [0.3, 0.4) is 0 Å². The molecule has 0 aromatic heterocycles. The third-order valence-electron chi connectivity index (χ3n) is 2.68. The Morgan fingerprint density at radius 1 is 1.50 bits per heavy atom. The van der Waals surface area contributed by atoms with Crippen LogP contribution < -0.4 is 0 Å². The molecule has 0 saturated carbocycles. The minimum absolute atomic E-state index is 0.361. The summed E-state index contributed by atoms with van der Waals surface area (Å²) in [6.45, 7) is 2.73. The maximum Gasteiger partial charge on any atom is 0.320 e. The predicted molar refractivity (Wildman–Crippen MR) is 49.0 cm³/mol. The average Bonchev–Trinajstić information content (AvgIpc) is 2.53. The van der Waals surface area contributed by atoms with Gasteiger partial charge in [-0.1, -0.05) is 6.92 Å². The average molecular weight is 201 g/mol. The summed E-state index contributed by atoms with van der Waals surface area (Å²) in [5, 5.41) is 17.6. The first-order chi connectivity index (χ1) is 6.56. The monoisotopic (exact) mass is 201 g/mol. The first-order valence-electron chi connectivity index (χ1n) is 4.76. The van der Waals surface area contributed by atoms with Crippen LogP contribution in [0.25, 0.3) is 0 Å². The van der Waals surface area contributed by atoms with Gasteiger partial charge in [-0.05, 0) is 19.4 Å². The maximum atomic E-state index is 10.8. The van der Waals surface area contributed by atoms with E-state index in [0.29, 0.717) is 25.9 Å². The summed E-state index contributed by atoms with van der Waals surface area (Å²) in [5.74, 6) is -2.09. The van der Waals surface area contributed by atoms with Crippen molar-refractivity contribution in [2.45, 2.75) is 25.8 Å². The van der Waals surface area contributed by atoms with Gasteiger partial charge >= 0.3 is 11.9 Å². The summed E-state index contributed by atoms with van der Waals surface area (Å²) in [7, 11) is 0. The summed E-state index contributed by atoms with van der Waals surface area (Å²) in [6, 6.07) is -0.528. The first kappa shape index (κ1) is 11.0. The van der Waals surface area contributed by atoms with E-state index in [1.54, 1.807) is 11.8 Å². The van der Waals surface area contributed by atoms with Crippen LogP contribution in [-0.4, -0.2) is 46.2 Å². The van der Waals surface area contributed by atoms with E-state index < -0.39 is 23.9 Å². The largest absolute Gasteiger partial charge is 0.481 e. The SMILES string of the molecule is CCC(C(=O)O)N1CCC(C(=O)O)C1. The number of hydrogen-bond donors (Lipinski definition) is 2. The van der Waals surface area contributed by atoms with Crippen LogP contribution in [0.5, 0.6) is 0 Å². The molecule has 1 fully saturated rings. The van der Waals surface area contributed by atoms with Gasteiger partial charge in [0.15, 0.2) is 0 Å². The number of carboxylic acids is 2. The van der Waals surface area contributed by atoms with Gasteiger partial charge in [0.25, 0.3) is 0 Å². The first-order valence-corrected chi connectivity index (χ1v) is 4.76. The van der Waals surface area contributed by atoms with E-state index in [4.69, 9.17) is 10.2 Å². The third kappa shape index (κ3) is 2.23. The van der Waals surface area contributed by atoms with Gasteiger partial charge in [-0.2, -0.15) is 0 Å². The summed E-state index contributed by atoms with van der Waals surface area (Å²) in [6.07, 6.45) is 1.07. The zero-order valence-corrected chi connectivity index (χ0v) is 8.14. The Hall–Kier alpha value is -1.10. The lowest BCUT2D eigenvalue weighted by atomic mass is 10.1. The number of nitrogens with zero attached hydrogens (tertiary/aromatic N) is 1. The van der Waals surface area contributed by atoms with Crippen molar-refractivity contribution in [3.63, 3.8) is 0 Å². The van der Waals surface area contributed by atoms with Crippen molar-refractivity contribution in [1.29, 1.82) is 0 Å². The fraction of sp³-hybridized carbons (Fsp3) is 0.778. The topological polar surface area (TPSA) is 77.8 Å². The number of carboxylic acid groups (broad SMARTS) is 2. The Labute approximate surface area is 82.3 Å². The van der Waals surface area contributed by atoms with Gasteiger partial charge in [-0.25, -0.2) is 0 Å². The Balaban J connectivity index is 2.55. The molecule has 2 atom stereocenters. The van der Waals surface area contributed by atoms with Crippen molar-refractivity contribution in [2.75, 3.05) is 13.1 Å². The molecule has 0 aromatic rings. The lowest BCUT2D eigenvalue weighted by molar-refractivity contribution is -0.145. The maximum absolute atomic E-state index is 10.8. The summed E-state index contributed by atoms with van der Waals surface area (Å²) in [5.41, 5.74) is 0. The number of rotatable bonds is 4. The molecular formula is C9H15NO4. The molecule has 2 unspecified atom stereocenters. The summed E-state index contributed by atoms with van der Waals surface area (Å²) in [4.78, 5) is 23.2. The fourth-order valence-corrected chi connectivity index (χ4v) is 1.86. The molecule has 0 radical (unpaired) electrons. The van der Waals surface area contributed by atoms with E-state index in [1.807, 2.05) is 0 Å². The van der Waals surface area contributed by atoms with Gasteiger partial charge in [0.1, 0.15) is 6.04 Å². The van der Waals surface area contributed by atoms with Crippen LogP contribution in [0, 0.1) is 5.92 Å². The third-order valence-corrected chi connectivity index (χ3v) is 2.68. The van der Waals surface area contributed by atoms with E-state index in [0.717, 1.165) is 0 Å². The molecule has 1 heterocycles. The van der Waals surface area contributed by atoms with E-state index >= 15 is 0 Å². The van der Waals surface area contributed by atoms with Crippen molar-refractivity contribution < 1.29 is 19.8 Å². The summed E-state index contributed by atoms with van der Waals surface area (Å²) < 4.78 is 0. The van der Waals surface area contributed by atoms with Crippen molar-refractivity contribution in [3.05, 3.63) is 0 Å². The van der Waals surface area contributed by atoms with Crippen LogP contribution in [0.2, 0.25) is 0 Å². The molecule has 1 rings (SSSR count). The molecule has 1 aliphatic heterocycles. The Morgan fingerprint density at radius 2 is 2.14 bits per heavy atom. The molecule has 0 bridgehead atoms. The molecule has 2 N–H and O–H groups in total. The van der Waals surface area contributed by atoms with E-state index in [1.165, 1.54) is 0 Å². The van der Waals surface area contributed by atoms with Crippen molar-refractivity contribution >= 4 is 11.9 Å². The molecular weight excluding hydrogens is 186 g/mol. The Bertz CT molecular complexity index is 241. The van der Waals surface area contributed by atoms with Crippen LogP contribution in [-0.2, 0) is 9.59 Å². The van der Waals surface area contributed by atoms with Gasteiger partial charge < -0.3 is 10.2 Å². The van der Waals surface area contributed by atoms with Crippen molar-refractivity contribution in [2.24, 2.45) is 5.92 Å². The molecule has 1 aliphatic rings. The van der Waals surface area contributed by atoms with Crippen LogP contribution in [0.15, 0.2) is 0 Å². The second-order valence-corrected chi connectivity index (χ2v) is 3.58. The van der Waals surface area contributed by atoms with Crippen LogP contribution >= 0.6 is 0 Å². The number of carbonyl (C=O) groups is 2. The minimum Gasteiger partial charge on any atom is -0.481 e. The van der Waals surface area contributed by atoms with Crippen molar-refractivity contribution in [3.8, 4) is 0 Å². The molecule has 5 heteroatoms. The Morgan fingerprint density at radius 3 is 2.50 bits per heavy atom. The highest BCUT2D eigenvalue weighted by atomic mass is 16.4. The molecule has 5 nitrogen and oxygen atoms in total. The highest BCUT2D eigenvalue weighted by Crippen LogP contribution is 2.20. The molecule has 0 spiro atoms. The van der Waals surface area contributed by atoms with Gasteiger partial charge in [-0.15, -0.1) is 0 Å². The highest BCUT2D eigenvalue weighted by Gasteiger charge is 2.34. The molecule has 0 aromatic carbocycles. The molecule has 80 valence electrons. The molecule has 0 aliphatic carbocycles. The quantitative estimate of drug-likeness (QED) is 0.682. The summed E-state index contributed by atoms with van der Waals surface area (Å²) >= 11 is 0. The second kappa shape index (κ2) is 4.41. The standard InChI is InChI=1S/C9H15NO4/c1-2-7(9(13)14)10-4-3-6(5-10)8(11)12/h6-7H,2-5H2,1H3,(H,11,12)(H,13,14). The van der Waals surface area contributed by atoms with Crippen LogP contribution in [0.4, 0.5) is 0 Å². The normalized spacial score (nSPS) is 24.8. The minimum atomic E-state index is -0.862. The smallest absolute Gasteiger partial charge is 0.320 e. The molecule has 14 heavy (non-hydrogen) atoms. The Kier molecular flexibility index (Phi) is 3.46. The highest BCUT2D eigenvalue weighted by molar-refractivity contribution is 5.74. The second-order valence-electron chi connectivity index (χ2n) is 3.58. The number of aliphatic carboxylic acids is 2. The predicted octanol–water partition coefficient (Wildman–Crippen LogP) is 0.256. The lowest BCUT2D eigenvalue weighted by Gasteiger charge is -2.22. The van der Waals surface area contributed by atoms with Gasteiger partial charge in [0, 0.05) is 6.54 Å². The zero-order chi connectivity index (χ0) is 10.7. The van der Waals surface area contributed by atoms with Gasteiger partial charge in [0.2, 0.25) is 0 Å². The van der Waals surface area contributed by atoms with E-state index in [9.17, 15) is 9.59 Å². The van der Waals surface area contributed by atoms with E-state index in [-0.39, 0.29) is 0 Å². The zero-order valence-electron chi connectivity index (χ0n) is 8.14. The lowest BCUT2D eigenvalue weighted by Crippen LogP contribution is -2.39. The molecule has 1 saturated heterocycles. The van der Waals surface area contributed by atoms with Gasteiger partial charge in [0.05, 0.1) is 5.92 Å². The molecule has 0 amide bonds. The number of hydrogen-bond acceptors (Lipinski definition) is 3.